The van der Waals surface area contributed by atoms with E-state index in [1.807, 2.05) is 17.9 Å². The maximum absolute atomic E-state index is 11.0. The lowest BCUT2D eigenvalue weighted by Crippen LogP contribution is -2.53. The molecule has 1 amide bonds. The molecule has 29 heavy (non-hydrogen) atoms. The number of anilines is 1. The van der Waals surface area contributed by atoms with E-state index in [-0.39, 0.29) is 22.5 Å². The minimum atomic E-state index is -2.02. The number of amides is 1. The van der Waals surface area contributed by atoms with E-state index >= 15 is 0 Å². The second-order valence-electron chi connectivity index (χ2n) is 9.27. The minimum Gasteiger partial charge on any atom is -0.465 e. The molecule has 0 saturated carbocycles. The highest BCUT2D eigenvalue weighted by molar-refractivity contribution is 6.74. The van der Waals surface area contributed by atoms with Gasteiger partial charge in [0.1, 0.15) is 11.8 Å². The van der Waals surface area contributed by atoms with Crippen LogP contribution in [0.4, 0.5) is 10.6 Å². The molecule has 0 radical (unpaired) electrons. The van der Waals surface area contributed by atoms with Gasteiger partial charge in [0.25, 0.3) is 0 Å². The summed E-state index contributed by atoms with van der Waals surface area (Å²) in [7, 11) is -2.02. The zero-order valence-corrected chi connectivity index (χ0v) is 19.7. The predicted molar refractivity (Wildman–Crippen MR) is 115 cm³/mol. The first-order valence-corrected chi connectivity index (χ1v) is 12.9. The molecule has 0 unspecified atom stereocenters. The number of halogens is 1. The Morgan fingerprint density at radius 3 is 2.45 bits per heavy atom. The van der Waals surface area contributed by atoms with Crippen molar-refractivity contribution in [1.82, 2.24) is 15.3 Å². The van der Waals surface area contributed by atoms with Gasteiger partial charge in [-0.15, -0.1) is 0 Å². The zero-order valence-electron chi connectivity index (χ0n) is 18.0. The zero-order chi connectivity index (χ0) is 22.0. The second kappa shape index (κ2) is 8.46. The average Bonchev–Trinajstić information content (AvgIpc) is 2.59. The maximum Gasteiger partial charge on any atom is 0.405 e. The summed E-state index contributed by atoms with van der Waals surface area (Å²) in [5, 5.41) is 21.1. The summed E-state index contributed by atoms with van der Waals surface area (Å²) in [6.07, 6.45) is 0.230. The van der Waals surface area contributed by atoms with Gasteiger partial charge in [0.05, 0.1) is 6.61 Å². The number of piperidine rings is 1. The summed E-state index contributed by atoms with van der Waals surface area (Å²) >= 11 is 6.16. The summed E-state index contributed by atoms with van der Waals surface area (Å²) in [5.41, 5.74) is 0.188. The fourth-order valence-electron chi connectivity index (χ4n) is 2.92. The van der Waals surface area contributed by atoms with E-state index in [2.05, 4.69) is 49.1 Å². The molecule has 1 aliphatic rings. The number of carboxylic acid groups (broad SMARTS) is 1. The van der Waals surface area contributed by atoms with E-state index in [0.717, 1.165) is 0 Å². The van der Waals surface area contributed by atoms with Crippen molar-refractivity contribution in [3.05, 3.63) is 16.5 Å². The molecular weight excluding hydrogens is 410 g/mol. The fraction of sp³-hybridized carbons (Fsp3) is 0.684. The van der Waals surface area contributed by atoms with Crippen molar-refractivity contribution >= 4 is 31.8 Å². The van der Waals surface area contributed by atoms with E-state index in [1.165, 1.54) is 0 Å². The number of rotatable bonds is 5. The molecule has 1 aliphatic heterocycles. The molecule has 0 aromatic carbocycles. The van der Waals surface area contributed by atoms with Gasteiger partial charge in [-0.3, -0.25) is 0 Å². The third kappa shape index (κ3) is 5.59. The fourth-order valence-corrected chi connectivity index (χ4v) is 4.02. The highest BCUT2D eigenvalue weighted by Gasteiger charge is 2.38. The smallest absolute Gasteiger partial charge is 0.405 e. The molecule has 2 N–H and O–H groups in total. The number of hydrogen-bond donors (Lipinski definition) is 2. The largest absolute Gasteiger partial charge is 0.465 e. The van der Waals surface area contributed by atoms with Gasteiger partial charge in [-0.25, -0.2) is 14.8 Å². The molecule has 0 atom stereocenters. The Labute approximate surface area is 178 Å². The van der Waals surface area contributed by atoms with Crippen LogP contribution >= 0.6 is 11.6 Å². The number of nitrogens with one attached hydrogen (secondary N) is 1. The molecule has 1 fully saturated rings. The molecule has 10 heteroatoms. The number of hydrogen-bond acceptors (Lipinski definition) is 6. The minimum absolute atomic E-state index is 0.0422. The highest BCUT2D eigenvalue weighted by Crippen LogP contribution is 2.38. The van der Waals surface area contributed by atoms with E-state index < -0.39 is 19.9 Å². The molecule has 0 aliphatic carbocycles. The van der Waals surface area contributed by atoms with Gasteiger partial charge in [0, 0.05) is 18.6 Å². The molecule has 1 saturated heterocycles. The van der Waals surface area contributed by atoms with Crippen LogP contribution in [-0.4, -0.2) is 48.1 Å². The molecule has 2 heterocycles. The van der Waals surface area contributed by atoms with Gasteiger partial charge in [0.2, 0.25) is 0 Å². The Bertz CT molecular complexity index is 811. The summed E-state index contributed by atoms with van der Waals surface area (Å²) < 4.78 is 6.31. The first kappa shape index (κ1) is 23.4. The molecule has 0 bridgehead atoms. The lowest BCUT2D eigenvalue weighted by molar-refractivity contribution is 0.173. The molecular formula is C19H30ClN5O3Si. The quantitative estimate of drug-likeness (QED) is 0.662. The van der Waals surface area contributed by atoms with Crippen LogP contribution in [0.1, 0.15) is 51.9 Å². The molecule has 1 aromatic heterocycles. The van der Waals surface area contributed by atoms with Gasteiger partial charge >= 0.3 is 6.09 Å². The van der Waals surface area contributed by atoms with Gasteiger partial charge < -0.3 is 19.7 Å². The van der Waals surface area contributed by atoms with Crippen LogP contribution < -0.4 is 10.2 Å². The summed E-state index contributed by atoms with van der Waals surface area (Å²) in [4.78, 5) is 22.0. The van der Waals surface area contributed by atoms with Crippen LogP contribution in [0.15, 0.2) is 0 Å². The normalized spacial score (nSPS) is 17.0. The first-order chi connectivity index (χ1) is 13.3. The number of nitriles is 1. The summed E-state index contributed by atoms with van der Waals surface area (Å²) in [6, 6.07) is 1.98. The van der Waals surface area contributed by atoms with Crippen molar-refractivity contribution < 1.29 is 14.3 Å². The number of carbonyl (C=O) groups is 1. The first-order valence-electron chi connectivity index (χ1n) is 9.64. The van der Waals surface area contributed by atoms with Crippen LogP contribution in [-0.2, 0) is 11.0 Å². The van der Waals surface area contributed by atoms with E-state index in [1.54, 1.807) is 0 Å². The van der Waals surface area contributed by atoms with Gasteiger partial charge in [-0.1, -0.05) is 32.4 Å². The lowest BCUT2D eigenvalue weighted by Gasteiger charge is -2.40. The standard InChI is InChI=1S/C19H30ClN5O3Si/c1-18(2,3)29(5,6)28-12-14-16(23-15(20)13(11-21)22-14)25-9-7-19(4,8-10-25)24-17(26)27/h24H,7-10,12H2,1-6H3,(H,26,27). The van der Waals surface area contributed by atoms with Crippen LogP contribution in [0, 0.1) is 11.3 Å². The summed E-state index contributed by atoms with van der Waals surface area (Å²) in [6.45, 7) is 14.2. The van der Waals surface area contributed by atoms with Crippen LogP contribution in [0.2, 0.25) is 23.3 Å². The lowest BCUT2D eigenvalue weighted by atomic mass is 9.90. The van der Waals surface area contributed by atoms with Crippen LogP contribution in [0.5, 0.6) is 0 Å². The van der Waals surface area contributed by atoms with Crippen molar-refractivity contribution in [2.75, 3.05) is 18.0 Å². The molecule has 8 nitrogen and oxygen atoms in total. The van der Waals surface area contributed by atoms with E-state index in [0.29, 0.717) is 37.4 Å². The van der Waals surface area contributed by atoms with Crippen molar-refractivity contribution in [2.45, 2.75) is 70.8 Å². The van der Waals surface area contributed by atoms with Crippen molar-refractivity contribution in [3.8, 4) is 6.07 Å². The van der Waals surface area contributed by atoms with Gasteiger partial charge in [-0.2, -0.15) is 5.26 Å². The van der Waals surface area contributed by atoms with Crippen molar-refractivity contribution in [2.24, 2.45) is 0 Å². The second-order valence-corrected chi connectivity index (χ2v) is 14.4. The monoisotopic (exact) mass is 439 g/mol. The Morgan fingerprint density at radius 2 is 1.97 bits per heavy atom. The summed E-state index contributed by atoms with van der Waals surface area (Å²) in [5.74, 6) is 0.602. The van der Waals surface area contributed by atoms with Gasteiger partial charge in [0.15, 0.2) is 25.0 Å². The maximum atomic E-state index is 11.0. The third-order valence-corrected chi connectivity index (χ3v) is 10.7. The van der Waals surface area contributed by atoms with Crippen molar-refractivity contribution in [1.29, 1.82) is 5.26 Å². The van der Waals surface area contributed by atoms with E-state index in [9.17, 15) is 10.1 Å². The number of aromatic nitrogens is 2. The molecule has 2 rings (SSSR count). The van der Waals surface area contributed by atoms with E-state index in [4.69, 9.17) is 21.1 Å². The number of nitrogens with zero attached hydrogens (tertiary/aromatic N) is 4. The highest BCUT2D eigenvalue weighted by atomic mass is 35.5. The predicted octanol–water partition coefficient (Wildman–Crippen LogP) is 4.15. The molecule has 0 spiro atoms. The van der Waals surface area contributed by atoms with Gasteiger partial charge in [-0.05, 0) is 37.9 Å². The Balaban J connectivity index is 2.27. The van der Waals surface area contributed by atoms with Crippen molar-refractivity contribution in [3.63, 3.8) is 0 Å². The Kier molecular flexibility index (Phi) is 6.82. The SMILES string of the molecule is CC1(NC(=O)O)CCN(c2nc(Cl)c(C#N)nc2CO[Si](C)(C)C(C)(C)C)CC1. The molecule has 1 aromatic rings. The van der Waals surface area contributed by atoms with Crippen LogP contribution in [0.25, 0.3) is 0 Å². The van der Waals surface area contributed by atoms with Crippen LogP contribution in [0.3, 0.4) is 0 Å². The molecule has 160 valence electrons. The average molecular weight is 440 g/mol. The Hall–Kier alpha value is -1.89. The topological polar surface area (TPSA) is 111 Å². The Morgan fingerprint density at radius 1 is 1.38 bits per heavy atom. The third-order valence-electron chi connectivity index (χ3n) is 5.96.